The molecule has 2 aromatic heterocycles. The highest BCUT2D eigenvalue weighted by Crippen LogP contribution is 2.22. The minimum atomic E-state index is 0.659. The molecule has 0 unspecified atom stereocenters. The molecule has 0 saturated carbocycles. The van der Waals surface area contributed by atoms with Gasteiger partial charge in [-0.1, -0.05) is 6.42 Å². The van der Waals surface area contributed by atoms with Gasteiger partial charge >= 0.3 is 0 Å². The Morgan fingerprint density at radius 2 is 1.76 bits per heavy atom. The molecule has 0 N–H and O–H groups in total. The van der Waals surface area contributed by atoms with Crippen molar-refractivity contribution in [1.82, 2.24) is 24.0 Å². The second kappa shape index (κ2) is 6.43. The normalized spacial score (nSPS) is 20.0. The van der Waals surface area contributed by atoms with Crippen LogP contribution in [-0.4, -0.2) is 36.6 Å². The second-order valence-electron chi connectivity index (χ2n) is 6.07. The molecule has 0 spiro atoms. The van der Waals surface area contributed by atoms with E-state index in [0.717, 1.165) is 13.0 Å². The molecule has 1 aliphatic rings. The Labute approximate surface area is 126 Å². The van der Waals surface area contributed by atoms with E-state index < -0.39 is 0 Å². The first-order chi connectivity index (χ1) is 10.2. The minimum Gasteiger partial charge on any atom is -0.338 e. The Kier molecular flexibility index (Phi) is 4.39. The Morgan fingerprint density at radius 3 is 2.43 bits per heavy atom. The lowest BCUT2D eigenvalue weighted by Gasteiger charge is -2.35. The number of aryl methyl sites for hydroxylation is 3. The molecular weight excluding hydrogens is 262 g/mol. The number of likely N-dealkylation sites (tertiary alicyclic amines) is 1. The van der Waals surface area contributed by atoms with Gasteiger partial charge < -0.3 is 9.13 Å². The molecule has 1 atom stereocenters. The van der Waals surface area contributed by atoms with Gasteiger partial charge in [-0.15, -0.1) is 0 Å². The maximum absolute atomic E-state index is 4.47. The van der Waals surface area contributed by atoms with Gasteiger partial charge in [0, 0.05) is 51.3 Å². The maximum Gasteiger partial charge on any atom is 0.122 e. The van der Waals surface area contributed by atoms with Gasteiger partial charge in [0.05, 0.1) is 6.54 Å². The summed E-state index contributed by atoms with van der Waals surface area (Å²) in [4.78, 5) is 11.5. The third kappa shape index (κ3) is 3.35. The second-order valence-corrected chi connectivity index (χ2v) is 6.07. The summed E-state index contributed by atoms with van der Waals surface area (Å²) in [7, 11) is 4.16. The summed E-state index contributed by atoms with van der Waals surface area (Å²) in [5.74, 6) is 2.36. The highest BCUT2D eigenvalue weighted by atomic mass is 15.2. The van der Waals surface area contributed by atoms with Gasteiger partial charge in [-0.25, -0.2) is 9.97 Å². The number of rotatable bonds is 5. The lowest BCUT2D eigenvalue weighted by Crippen LogP contribution is -2.39. The van der Waals surface area contributed by atoms with Gasteiger partial charge in [0.15, 0.2) is 0 Å². The molecule has 0 radical (unpaired) electrons. The van der Waals surface area contributed by atoms with Crippen LogP contribution in [-0.2, 0) is 27.1 Å². The van der Waals surface area contributed by atoms with Gasteiger partial charge in [0.1, 0.15) is 11.6 Å². The first kappa shape index (κ1) is 14.3. The number of imidazole rings is 2. The molecule has 1 fully saturated rings. The highest BCUT2D eigenvalue weighted by Gasteiger charge is 2.23. The largest absolute Gasteiger partial charge is 0.338 e. The van der Waals surface area contributed by atoms with E-state index in [2.05, 4.69) is 38.1 Å². The summed E-state index contributed by atoms with van der Waals surface area (Å²) in [5.41, 5.74) is 0. The van der Waals surface area contributed by atoms with Crippen LogP contribution in [0.5, 0.6) is 0 Å². The van der Waals surface area contributed by atoms with Crippen LogP contribution in [0.2, 0.25) is 0 Å². The van der Waals surface area contributed by atoms with Crippen molar-refractivity contribution in [3.8, 4) is 0 Å². The number of hydrogen-bond donors (Lipinski definition) is 0. The minimum absolute atomic E-state index is 0.659. The van der Waals surface area contributed by atoms with Crippen molar-refractivity contribution in [2.45, 2.75) is 44.7 Å². The van der Waals surface area contributed by atoms with Crippen LogP contribution in [0.3, 0.4) is 0 Å². The summed E-state index contributed by atoms with van der Waals surface area (Å²) in [6.07, 6.45) is 14.1. The molecular formula is C16H25N5. The Balaban J connectivity index is 1.61. The summed E-state index contributed by atoms with van der Waals surface area (Å²) in [5, 5.41) is 0. The number of piperidine rings is 1. The zero-order valence-corrected chi connectivity index (χ0v) is 13.1. The maximum atomic E-state index is 4.47. The van der Waals surface area contributed by atoms with Crippen molar-refractivity contribution >= 4 is 0 Å². The van der Waals surface area contributed by atoms with E-state index in [-0.39, 0.29) is 0 Å². The third-order valence-corrected chi connectivity index (χ3v) is 4.64. The monoisotopic (exact) mass is 287 g/mol. The first-order valence-corrected chi connectivity index (χ1v) is 7.90. The van der Waals surface area contributed by atoms with Crippen molar-refractivity contribution in [1.29, 1.82) is 0 Å². The predicted molar refractivity (Wildman–Crippen MR) is 82.8 cm³/mol. The van der Waals surface area contributed by atoms with Crippen molar-refractivity contribution in [3.05, 3.63) is 36.4 Å². The van der Waals surface area contributed by atoms with Crippen LogP contribution in [0.1, 0.15) is 37.3 Å². The molecule has 5 heteroatoms. The number of aromatic nitrogens is 4. The standard InChI is InChI=1S/C16H25N5/c1-19-11-8-17-15(19)7-6-14-5-3-4-10-21(14)13-16-18-9-12-20(16)2/h8-9,11-12,14H,3-7,10,13H2,1-2H3/t14-/m1/s1. The number of hydrogen-bond acceptors (Lipinski definition) is 3. The first-order valence-electron chi connectivity index (χ1n) is 7.90. The van der Waals surface area contributed by atoms with E-state index in [0.29, 0.717) is 6.04 Å². The van der Waals surface area contributed by atoms with Crippen LogP contribution < -0.4 is 0 Å². The summed E-state index contributed by atoms with van der Waals surface area (Å²) in [6, 6.07) is 0.659. The SMILES string of the molecule is Cn1ccnc1CC[C@H]1CCCCN1Cc1nccn1C. The van der Waals surface area contributed by atoms with Crippen molar-refractivity contribution in [2.24, 2.45) is 14.1 Å². The molecule has 114 valence electrons. The van der Waals surface area contributed by atoms with E-state index in [1.54, 1.807) is 0 Å². The molecule has 5 nitrogen and oxygen atoms in total. The van der Waals surface area contributed by atoms with Crippen molar-refractivity contribution in [3.63, 3.8) is 0 Å². The summed E-state index contributed by atoms with van der Waals surface area (Å²) >= 11 is 0. The molecule has 0 bridgehead atoms. The van der Waals surface area contributed by atoms with Gasteiger partial charge in [-0.05, 0) is 25.8 Å². The van der Waals surface area contributed by atoms with E-state index >= 15 is 0 Å². The fraction of sp³-hybridized carbons (Fsp3) is 0.625. The van der Waals surface area contributed by atoms with Crippen LogP contribution in [0, 0.1) is 0 Å². The summed E-state index contributed by atoms with van der Waals surface area (Å²) < 4.78 is 4.26. The zero-order chi connectivity index (χ0) is 14.7. The van der Waals surface area contributed by atoms with E-state index in [1.807, 2.05) is 24.8 Å². The summed E-state index contributed by atoms with van der Waals surface area (Å²) in [6.45, 7) is 2.16. The molecule has 3 heterocycles. The molecule has 1 saturated heterocycles. The fourth-order valence-electron chi connectivity index (χ4n) is 3.26. The van der Waals surface area contributed by atoms with Crippen LogP contribution >= 0.6 is 0 Å². The lowest BCUT2D eigenvalue weighted by molar-refractivity contribution is 0.127. The van der Waals surface area contributed by atoms with E-state index in [9.17, 15) is 0 Å². The van der Waals surface area contributed by atoms with Crippen molar-refractivity contribution in [2.75, 3.05) is 6.54 Å². The molecule has 0 aromatic carbocycles. The zero-order valence-electron chi connectivity index (χ0n) is 13.1. The molecule has 1 aliphatic heterocycles. The smallest absolute Gasteiger partial charge is 0.122 e. The third-order valence-electron chi connectivity index (χ3n) is 4.64. The molecule has 0 amide bonds. The quantitative estimate of drug-likeness (QED) is 0.846. The topological polar surface area (TPSA) is 38.9 Å². The Hall–Kier alpha value is -1.62. The lowest BCUT2D eigenvalue weighted by atomic mass is 9.97. The molecule has 3 rings (SSSR count). The average Bonchev–Trinajstić information content (AvgIpc) is 3.07. The van der Waals surface area contributed by atoms with E-state index in [4.69, 9.17) is 0 Å². The number of nitrogens with zero attached hydrogens (tertiary/aromatic N) is 5. The van der Waals surface area contributed by atoms with Crippen LogP contribution in [0.15, 0.2) is 24.8 Å². The molecule has 0 aliphatic carbocycles. The predicted octanol–water partition coefficient (Wildman–Crippen LogP) is 2.14. The average molecular weight is 287 g/mol. The van der Waals surface area contributed by atoms with Gasteiger partial charge in [0.2, 0.25) is 0 Å². The van der Waals surface area contributed by atoms with Crippen molar-refractivity contribution < 1.29 is 0 Å². The Bertz CT molecular complexity index is 571. The molecule has 21 heavy (non-hydrogen) atoms. The van der Waals surface area contributed by atoms with Crippen LogP contribution in [0.4, 0.5) is 0 Å². The highest BCUT2D eigenvalue weighted by molar-refractivity contribution is 4.95. The van der Waals surface area contributed by atoms with Gasteiger partial charge in [-0.3, -0.25) is 4.90 Å². The fourth-order valence-corrected chi connectivity index (χ4v) is 3.26. The molecule has 2 aromatic rings. The Morgan fingerprint density at radius 1 is 1.05 bits per heavy atom. The van der Waals surface area contributed by atoms with Gasteiger partial charge in [-0.2, -0.15) is 0 Å². The van der Waals surface area contributed by atoms with Crippen LogP contribution in [0.25, 0.3) is 0 Å². The van der Waals surface area contributed by atoms with Gasteiger partial charge in [0.25, 0.3) is 0 Å². The van der Waals surface area contributed by atoms with E-state index in [1.165, 1.54) is 43.9 Å².